The highest BCUT2D eigenvalue weighted by atomic mass is 19.1. The Morgan fingerprint density at radius 2 is 2.22 bits per heavy atom. The number of benzene rings is 1. The average molecular weight is 252 g/mol. The molecule has 0 aliphatic heterocycles. The van der Waals surface area contributed by atoms with Crippen LogP contribution in [0.15, 0.2) is 29.0 Å². The van der Waals surface area contributed by atoms with Crippen LogP contribution in [0.1, 0.15) is 11.5 Å². The fraction of sp³-hybridized carbons (Fsp3) is 0.167. The van der Waals surface area contributed by atoms with Gasteiger partial charge in [0.05, 0.1) is 17.8 Å². The van der Waals surface area contributed by atoms with Gasteiger partial charge < -0.3 is 9.73 Å². The topological polar surface area (TPSA) is 55.1 Å². The molecule has 0 spiro atoms. The molecule has 0 aliphatic rings. The SMILES string of the molecule is Cc1ncoc1CC(=O)Nc1ccc(F)cc1F. The van der Waals surface area contributed by atoms with E-state index in [1.807, 2.05) is 0 Å². The van der Waals surface area contributed by atoms with Gasteiger partial charge in [-0.15, -0.1) is 0 Å². The number of nitrogens with zero attached hydrogens (tertiary/aromatic N) is 1. The maximum atomic E-state index is 13.3. The van der Waals surface area contributed by atoms with Crippen molar-refractivity contribution in [2.24, 2.45) is 0 Å². The Kier molecular flexibility index (Phi) is 3.36. The second-order valence-corrected chi connectivity index (χ2v) is 3.71. The molecule has 0 unspecified atom stereocenters. The summed E-state index contributed by atoms with van der Waals surface area (Å²) in [7, 11) is 0. The molecule has 1 heterocycles. The molecule has 0 atom stereocenters. The molecule has 0 aliphatic carbocycles. The van der Waals surface area contributed by atoms with Crippen molar-refractivity contribution in [3.05, 3.63) is 47.7 Å². The van der Waals surface area contributed by atoms with Crippen molar-refractivity contribution in [1.29, 1.82) is 0 Å². The molecule has 1 N–H and O–H groups in total. The number of rotatable bonds is 3. The quantitative estimate of drug-likeness (QED) is 0.912. The molecule has 0 fully saturated rings. The van der Waals surface area contributed by atoms with Gasteiger partial charge in [0.2, 0.25) is 5.91 Å². The van der Waals surface area contributed by atoms with E-state index in [4.69, 9.17) is 4.42 Å². The van der Waals surface area contributed by atoms with Crippen molar-refractivity contribution in [3.8, 4) is 0 Å². The molecule has 6 heteroatoms. The molecule has 2 rings (SSSR count). The highest BCUT2D eigenvalue weighted by Crippen LogP contribution is 2.15. The third-order valence-electron chi connectivity index (χ3n) is 2.37. The fourth-order valence-electron chi connectivity index (χ4n) is 1.43. The van der Waals surface area contributed by atoms with E-state index < -0.39 is 17.5 Å². The molecule has 2 aromatic rings. The minimum Gasteiger partial charge on any atom is -0.448 e. The zero-order valence-electron chi connectivity index (χ0n) is 9.54. The average Bonchev–Trinajstić information content (AvgIpc) is 2.69. The van der Waals surface area contributed by atoms with Crippen molar-refractivity contribution >= 4 is 11.6 Å². The molecule has 94 valence electrons. The highest BCUT2D eigenvalue weighted by Gasteiger charge is 2.12. The van der Waals surface area contributed by atoms with Gasteiger partial charge in [-0.05, 0) is 19.1 Å². The molecule has 1 aromatic carbocycles. The lowest BCUT2D eigenvalue weighted by Crippen LogP contribution is -2.15. The number of halogens is 2. The van der Waals surface area contributed by atoms with Gasteiger partial charge in [-0.3, -0.25) is 4.79 Å². The van der Waals surface area contributed by atoms with Gasteiger partial charge in [0.25, 0.3) is 0 Å². The number of oxazole rings is 1. The molecular weight excluding hydrogens is 242 g/mol. The molecule has 1 aromatic heterocycles. The summed E-state index contributed by atoms with van der Waals surface area (Å²) in [5.41, 5.74) is 0.531. The Labute approximate surface area is 102 Å². The number of hydrogen-bond donors (Lipinski definition) is 1. The van der Waals surface area contributed by atoms with Crippen molar-refractivity contribution in [2.75, 3.05) is 5.32 Å². The molecule has 0 saturated carbocycles. The number of aryl methyl sites for hydroxylation is 1. The van der Waals surface area contributed by atoms with Crippen molar-refractivity contribution in [3.63, 3.8) is 0 Å². The normalized spacial score (nSPS) is 10.4. The van der Waals surface area contributed by atoms with E-state index in [1.54, 1.807) is 6.92 Å². The van der Waals surface area contributed by atoms with E-state index in [1.165, 1.54) is 6.39 Å². The predicted octanol–water partition coefficient (Wildman–Crippen LogP) is 2.44. The van der Waals surface area contributed by atoms with Gasteiger partial charge in [-0.2, -0.15) is 0 Å². The summed E-state index contributed by atoms with van der Waals surface area (Å²) in [6, 6.07) is 2.93. The van der Waals surface area contributed by atoms with Gasteiger partial charge in [0, 0.05) is 6.07 Å². The van der Waals surface area contributed by atoms with Crippen LogP contribution in [0.2, 0.25) is 0 Å². The molecular formula is C12H10F2N2O2. The highest BCUT2D eigenvalue weighted by molar-refractivity contribution is 5.92. The summed E-state index contributed by atoms with van der Waals surface area (Å²) in [4.78, 5) is 15.4. The molecule has 4 nitrogen and oxygen atoms in total. The maximum Gasteiger partial charge on any atom is 0.232 e. The number of carbonyl (C=O) groups excluding carboxylic acids is 1. The number of hydrogen-bond acceptors (Lipinski definition) is 3. The van der Waals surface area contributed by atoms with Crippen LogP contribution in [0, 0.1) is 18.6 Å². The van der Waals surface area contributed by atoms with Crippen molar-refractivity contribution in [1.82, 2.24) is 4.98 Å². The Bertz CT molecular complexity index is 581. The van der Waals surface area contributed by atoms with Crippen LogP contribution < -0.4 is 5.32 Å². The van der Waals surface area contributed by atoms with E-state index in [0.717, 1.165) is 12.1 Å². The zero-order chi connectivity index (χ0) is 13.1. The van der Waals surface area contributed by atoms with Gasteiger partial charge in [-0.25, -0.2) is 13.8 Å². The van der Waals surface area contributed by atoms with Crippen LogP contribution >= 0.6 is 0 Å². The summed E-state index contributed by atoms with van der Waals surface area (Å²) in [5.74, 6) is -1.57. The summed E-state index contributed by atoms with van der Waals surface area (Å²) in [6.45, 7) is 1.70. The maximum absolute atomic E-state index is 13.3. The van der Waals surface area contributed by atoms with Gasteiger partial charge >= 0.3 is 0 Å². The number of carbonyl (C=O) groups is 1. The molecule has 18 heavy (non-hydrogen) atoms. The first-order valence-corrected chi connectivity index (χ1v) is 5.20. The van der Waals surface area contributed by atoms with Gasteiger partial charge in [0.1, 0.15) is 17.4 Å². The second kappa shape index (κ2) is 4.95. The molecule has 0 bridgehead atoms. The summed E-state index contributed by atoms with van der Waals surface area (Å²) in [5, 5.41) is 2.33. The lowest BCUT2D eigenvalue weighted by molar-refractivity contribution is -0.115. The van der Waals surface area contributed by atoms with E-state index in [0.29, 0.717) is 17.5 Å². The smallest absolute Gasteiger partial charge is 0.232 e. The van der Waals surface area contributed by atoms with E-state index in [-0.39, 0.29) is 12.1 Å². The van der Waals surface area contributed by atoms with E-state index in [2.05, 4.69) is 10.3 Å². The Morgan fingerprint density at radius 1 is 1.44 bits per heavy atom. The monoisotopic (exact) mass is 252 g/mol. The lowest BCUT2D eigenvalue weighted by atomic mass is 10.2. The number of nitrogens with one attached hydrogen (secondary N) is 1. The third-order valence-corrected chi connectivity index (χ3v) is 2.37. The Hall–Kier alpha value is -2.24. The largest absolute Gasteiger partial charge is 0.448 e. The summed E-state index contributed by atoms with van der Waals surface area (Å²) >= 11 is 0. The first-order valence-electron chi connectivity index (χ1n) is 5.20. The van der Waals surface area contributed by atoms with Crippen LogP contribution in [0.25, 0.3) is 0 Å². The lowest BCUT2D eigenvalue weighted by Gasteiger charge is -2.05. The van der Waals surface area contributed by atoms with Crippen molar-refractivity contribution in [2.45, 2.75) is 13.3 Å². The van der Waals surface area contributed by atoms with Crippen molar-refractivity contribution < 1.29 is 18.0 Å². The molecule has 0 radical (unpaired) electrons. The van der Waals surface area contributed by atoms with Gasteiger partial charge in [0.15, 0.2) is 6.39 Å². The number of anilines is 1. The van der Waals surface area contributed by atoms with Crippen LogP contribution in [0.4, 0.5) is 14.5 Å². The summed E-state index contributed by atoms with van der Waals surface area (Å²) < 4.78 is 30.9. The number of amides is 1. The minimum atomic E-state index is -0.822. The Morgan fingerprint density at radius 3 is 2.83 bits per heavy atom. The minimum absolute atomic E-state index is 0.0529. The predicted molar refractivity (Wildman–Crippen MR) is 59.9 cm³/mol. The first-order chi connectivity index (χ1) is 8.56. The fourth-order valence-corrected chi connectivity index (χ4v) is 1.43. The van der Waals surface area contributed by atoms with Crippen LogP contribution in [0.3, 0.4) is 0 Å². The summed E-state index contributed by atoms with van der Waals surface area (Å²) in [6.07, 6.45) is 1.18. The van der Waals surface area contributed by atoms with Crippen LogP contribution in [-0.2, 0) is 11.2 Å². The van der Waals surface area contributed by atoms with E-state index in [9.17, 15) is 13.6 Å². The van der Waals surface area contributed by atoms with Gasteiger partial charge in [-0.1, -0.05) is 0 Å². The first kappa shape index (κ1) is 12.2. The zero-order valence-corrected chi connectivity index (χ0v) is 9.54. The number of aromatic nitrogens is 1. The standard InChI is InChI=1S/C12H10F2N2O2/c1-7-11(18-6-15-7)5-12(17)16-10-3-2-8(13)4-9(10)14/h2-4,6H,5H2,1H3,(H,16,17). The molecule has 0 saturated heterocycles. The Balaban J connectivity index is 2.05. The third kappa shape index (κ3) is 2.71. The van der Waals surface area contributed by atoms with Crippen LogP contribution in [-0.4, -0.2) is 10.9 Å². The second-order valence-electron chi connectivity index (χ2n) is 3.71. The van der Waals surface area contributed by atoms with E-state index >= 15 is 0 Å². The molecule has 1 amide bonds. The van der Waals surface area contributed by atoms with Crippen LogP contribution in [0.5, 0.6) is 0 Å².